The van der Waals surface area contributed by atoms with E-state index in [2.05, 4.69) is 32.2 Å². The molecule has 10 nitrogen and oxygen atoms in total. The minimum Gasteiger partial charge on any atom is -0.493 e. The molecule has 3 aromatic rings. The Kier molecular flexibility index (Phi) is 8.10. The van der Waals surface area contributed by atoms with Crippen LogP contribution in [0.4, 0.5) is 5.69 Å². The SMILES string of the molecule is COc1cc(CN(c2ccc(C#N)cc2)n2cnnc2)cc(Br)c1OSOON(C)C. The van der Waals surface area contributed by atoms with Gasteiger partial charge < -0.3 is 8.92 Å². The standard InChI is InChI=1S/C19H19BrN6O4S/c1-24(2)29-30-31-28-19-17(20)8-15(9-18(19)27-3)11-26(25-12-22-23-13-25)16-6-4-14(10-21)5-7-16/h4-9,12-13H,11H2,1-3H3. The second-order valence-corrected chi connectivity index (χ2v) is 7.57. The Bertz CT molecular complexity index is 1030. The fourth-order valence-electron chi connectivity index (χ4n) is 2.57. The first-order valence-corrected chi connectivity index (χ1v) is 10.3. The Morgan fingerprint density at radius 1 is 1.16 bits per heavy atom. The van der Waals surface area contributed by atoms with Gasteiger partial charge in [-0.3, -0.25) is 5.01 Å². The summed E-state index contributed by atoms with van der Waals surface area (Å²) in [6.45, 7) is 0.465. The predicted molar refractivity (Wildman–Crippen MR) is 118 cm³/mol. The maximum Gasteiger partial charge on any atom is 0.260 e. The van der Waals surface area contributed by atoms with Crippen molar-refractivity contribution in [3.8, 4) is 17.6 Å². The van der Waals surface area contributed by atoms with Crippen LogP contribution >= 0.6 is 28.3 Å². The van der Waals surface area contributed by atoms with Gasteiger partial charge in [0.15, 0.2) is 11.5 Å². The number of hydroxylamine groups is 2. The molecule has 2 aromatic carbocycles. The highest BCUT2D eigenvalue weighted by molar-refractivity contribution is 9.10. The van der Waals surface area contributed by atoms with Crippen LogP contribution in [0.2, 0.25) is 0 Å². The summed E-state index contributed by atoms with van der Waals surface area (Å²) in [7, 11) is 4.92. The number of benzene rings is 2. The van der Waals surface area contributed by atoms with Gasteiger partial charge in [0.05, 0.1) is 35.4 Å². The summed E-state index contributed by atoms with van der Waals surface area (Å²) in [5, 5.41) is 20.2. The van der Waals surface area contributed by atoms with E-state index >= 15 is 0 Å². The lowest BCUT2D eigenvalue weighted by Crippen LogP contribution is -2.27. The molecule has 0 bridgehead atoms. The molecule has 0 saturated heterocycles. The number of ether oxygens (including phenoxy) is 1. The van der Waals surface area contributed by atoms with Crippen LogP contribution in [0.5, 0.6) is 11.5 Å². The van der Waals surface area contributed by atoms with E-state index in [1.807, 2.05) is 29.3 Å². The smallest absolute Gasteiger partial charge is 0.260 e. The van der Waals surface area contributed by atoms with Gasteiger partial charge >= 0.3 is 0 Å². The van der Waals surface area contributed by atoms with Crippen LogP contribution in [0.25, 0.3) is 0 Å². The number of rotatable bonds is 10. The second kappa shape index (κ2) is 11.0. The van der Waals surface area contributed by atoms with Crippen LogP contribution in [0.15, 0.2) is 53.5 Å². The van der Waals surface area contributed by atoms with Gasteiger partial charge in [-0.15, -0.1) is 19.5 Å². The van der Waals surface area contributed by atoms with Crippen LogP contribution in [-0.2, 0) is 15.9 Å². The van der Waals surface area contributed by atoms with Gasteiger partial charge in [0.1, 0.15) is 12.7 Å². The maximum atomic E-state index is 9.06. The quantitative estimate of drug-likeness (QED) is 0.175. The highest BCUT2D eigenvalue weighted by Crippen LogP contribution is 2.39. The molecule has 0 atom stereocenters. The van der Waals surface area contributed by atoms with Gasteiger partial charge in [-0.2, -0.15) is 10.3 Å². The summed E-state index contributed by atoms with van der Waals surface area (Å²) in [5.74, 6) is 0.960. The Hall–Kier alpha value is -2.82. The first-order chi connectivity index (χ1) is 15.0. The molecular formula is C19H19BrN6O4S. The van der Waals surface area contributed by atoms with E-state index < -0.39 is 0 Å². The molecule has 0 fully saturated rings. The van der Waals surface area contributed by atoms with Gasteiger partial charge in [0.2, 0.25) is 0 Å². The summed E-state index contributed by atoms with van der Waals surface area (Å²) < 4.78 is 18.3. The van der Waals surface area contributed by atoms with Crippen LogP contribution in [0.1, 0.15) is 11.1 Å². The van der Waals surface area contributed by atoms with Crippen molar-refractivity contribution in [3.63, 3.8) is 0 Å². The normalized spacial score (nSPS) is 10.7. The highest BCUT2D eigenvalue weighted by Gasteiger charge is 2.17. The molecule has 0 unspecified atom stereocenters. The molecule has 12 heteroatoms. The zero-order chi connectivity index (χ0) is 22.2. The fourth-order valence-corrected chi connectivity index (χ4v) is 3.67. The van der Waals surface area contributed by atoms with E-state index in [1.54, 1.807) is 50.7 Å². The van der Waals surface area contributed by atoms with Crippen molar-refractivity contribution in [1.82, 2.24) is 19.9 Å². The number of nitrogens with zero attached hydrogens (tertiary/aromatic N) is 6. The van der Waals surface area contributed by atoms with Crippen molar-refractivity contribution in [3.05, 3.63) is 64.7 Å². The van der Waals surface area contributed by atoms with Crippen molar-refractivity contribution in [2.45, 2.75) is 6.54 Å². The van der Waals surface area contributed by atoms with Crippen molar-refractivity contribution in [2.24, 2.45) is 0 Å². The number of anilines is 1. The first-order valence-electron chi connectivity index (χ1n) is 8.86. The summed E-state index contributed by atoms with van der Waals surface area (Å²) >= 11 is 4.19. The molecular weight excluding hydrogens is 488 g/mol. The fraction of sp³-hybridized carbons (Fsp3) is 0.211. The number of halogens is 1. The largest absolute Gasteiger partial charge is 0.493 e. The average molecular weight is 507 g/mol. The number of hydrogen-bond donors (Lipinski definition) is 0. The van der Waals surface area contributed by atoms with Gasteiger partial charge in [0.25, 0.3) is 12.3 Å². The molecule has 0 amide bonds. The minimum absolute atomic E-state index is 0.452. The zero-order valence-corrected chi connectivity index (χ0v) is 19.3. The van der Waals surface area contributed by atoms with E-state index in [0.717, 1.165) is 11.3 Å². The van der Waals surface area contributed by atoms with Gasteiger partial charge in [-0.25, -0.2) is 4.68 Å². The number of aromatic nitrogens is 3. The molecule has 0 radical (unpaired) electrons. The van der Waals surface area contributed by atoms with Gasteiger partial charge in [-0.05, 0) is 57.9 Å². The lowest BCUT2D eigenvalue weighted by atomic mass is 10.1. The van der Waals surface area contributed by atoms with Crippen LogP contribution in [0, 0.1) is 11.3 Å². The van der Waals surface area contributed by atoms with Gasteiger partial charge in [-0.1, -0.05) is 0 Å². The van der Waals surface area contributed by atoms with Crippen molar-refractivity contribution < 1.29 is 18.2 Å². The maximum absolute atomic E-state index is 9.06. The first kappa shape index (κ1) is 22.9. The highest BCUT2D eigenvalue weighted by atomic mass is 79.9. The number of hydrogen-bond acceptors (Lipinski definition) is 10. The number of nitriles is 1. The molecule has 0 spiro atoms. The third-order valence-corrected chi connectivity index (χ3v) is 4.87. The zero-order valence-electron chi connectivity index (χ0n) is 16.9. The molecule has 0 aliphatic heterocycles. The lowest BCUT2D eigenvalue weighted by molar-refractivity contribution is -0.342. The van der Waals surface area contributed by atoms with E-state index in [0.29, 0.717) is 40.4 Å². The summed E-state index contributed by atoms with van der Waals surface area (Å²) in [4.78, 5) is 4.83. The molecule has 0 aliphatic rings. The third-order valence-electron chi connectivity index (χ3n) is 3.93. The average Bonchev–Trinajstić information content (AvgIpc) is 3.30. The Balaban J connectivity index is 1.84. The minimum atomic E-state index is 0.452. The molecule has 0 saturated carbocycles. The predicted octanol–water partition coefficient (Wildman–Crippen LogP) is 3.76. The van der Waals surface area contributed by atoms with Crippen molar-refractivity contribution in [1.29, 1.82) is 5.26 Å². The van der Waals surface area contributed by atoms with Crippen molar-refractivity contribution >= 4 is 33.9 Å². The van der Waals surface area contributed by atoms with E-state index in [4.69, 9.17) is 23.5 Å². The molecule has 0 aliphatic carbocycles. The number of methoxy groups -OCH3 is 1. The van der Waals surface area contributed by atoms with Crippen molar-refractivity contribution in [2.75, 3.05) is 26.2 Å². The van der Waals surface area contributed by atoms with Crippen LogP contribution in [-0.4, -0.2) is 41.1 Å². The monoisotopic (exact) mass is 506 g/mol. The van der Waals surface area contributed by atoms with Crippen LogP contribution in [0.3, 0.4) is 0 Å². The molecule has 162 valence electrons. The summed E-state index contributed by atoms with van der Waals surface area (Å²) in [5.41, 5.74) is 2.36. The topological polar surface area (TPSA) is 97.9 Å². The van der Waals surface area contributed by atoms with E-state index in [-0.39, 0.29) is 0 Å². The Labute approximate surface area is 192 Å². The Morgan fingerprint density at radius 2 is 1.87 bits per heavy atom. The second-order valence-electron chi connectivity index (χ2n) is 6.27. The summed E-state index contributed by atoms with van der Waals surface area (Å²) in [6.07, 6.45) is 3.20. The van der Waals surface area contributed by atoms with Gasteiger partial charge in [0, 0.05) is 14.1 Å². The van der Waals surface area contributed by atoms with E-state index in [9.17, 15) is 0 Å². The molecule has 0 N–H and O–H groups in total. The third kappa shape index (κ3) is 6.09. The van der Waals surface area contributed by atoms with E-state index in [1.165, 1.54) is 5.06 Å². The molecule has 3 rings (SSSR count). The molecule has 31 heavy (non-hydrogen) atoms. The molecule has 1 aromatic heterocycles. The summed E-state index contributed by atoms with van der Waals surface area (Å²) in [6, 6.07) is 13.1. The molecule has 1 heterocycles. The van der Waals surface area contributed by atoms with Crippen LogP contribution < -0.4 is 13.9 Å². The lowest BCUT2D eigenvalue weighted by Gasteiger charge is -2.25. The Morgan fingerprint density at radius 3 is 2.48 bits per heavy atom.